The van der Waals surface area contributed by atoms with E-state index in [1.54, 1.807) is 0 Å². The minimum Gasteiger partial charge on any atom is -0.205 e. The molecule has 0 spiro atoms. The first-order valence-corrected chi connectivity index (χ1v) is 21.0. The molecule has 4 heteroatoms. The predicted molar refractivity (Wildman–Crippen MR) is 213 cm³/mol. The Morgan fingerprint density at radius 1 is 0.396 bits per heavy atom. The van der Waals surface area contributed by atoms with Crippen LogP contribution in [0, 0.1) is 13.8 Å². The normalized spacial score (nSPS) is 10.9. The second kappa shape index (κ2) is 25.6. The van der Waals surface area contributed by atoms with Gasteiger partial charge in [0.05, 0.1) is 0 Å². The SMILES string of the molecule is BrCCCCCc1cccc(CCCCCBr)c1.Cc1cc[n+](CCCCCc2cccc(CCCCC[n+]3ccc(C)cc3)c2)cc1. The van der Waals surface area contributed by atoms with Crippen LogP contribution in [0.2, 0.25) is 0 Å². The van der Waals surface area contributed by atoms with Gasteiger partial charge in [-0.1, -0.05) is 93.2 Å². The quantitative estimate of drug-likeness (QED) is 0.0426. The zero-order valence-electron chi connectivity index (χ0n) is 30.0. The molecule has 0 unspecified atom stereocenters. The number of pyridine rings is 2. The van der Waals surface area contributed by atoms with Gasteiger partial charge in [0, 0.05) is 47.8 Å². The molecule has 4 aromatic rings. The van der Waals surface area contributed by atoms with E-state index >= 15 is 0 Å². The molecule has 0 fully saturated rings. The fourth-order valence-corrected chi connectivity index (χ4v) is 6.84. The van der Waals surface area contributed by atoms with Crippen molar-refractivity contribution < 1.29 is 9.13 Å². The Hall–Kier alpha value is -2.30. The highest BCUT2D eigenvalue weighted by Crippen LogP contribution is 2.14. The van der Waals surface area contributed by atoms with Gasteiger partial charge in [0.25, 0.3) is 0 Å². The molecule has 0 saturated heterocycles. The molecule has 0 bridgehead atoms. The average molecular weight is 779 g/mol. The maximum atomic E-state index is 3.49. The topological polar surface area (TPSA) is 7.76 Å². The van der Waals surface area contributed by atoms with Gasteiger partial charge in [-0.2, -0.15) is 0 Å². The van der Waals surface area contributed by atoms with Crippen LogP contribution in [-0.4, -0.2) is 10.7 Å². The van der Waals surface area contributed by atoms with Crippen molar-refractivity contribution in [1.29, 1.82) is 0 Å². The summed E-state index contributed by atoms with van der Waals surface area (Å²) in [7, 11) is 0. The molecule has 0 amide bonds. The van der Waals surface area contributed by atoms with E-state index in [0.717, 1.165) is 23.7 Å². The van der Waals surface area contributed by atoms with Gasteiger partial charge >= 0.3 is 0 Å². The third-order valence-electron chi connectivity index (χ3n) is 9.06. The average Bonchev–Trinajstić information content (AvgIpc) is 3.11. The molecule has 0 atom stereocenters. The summed E-state index contributed by atoms with van der Waals surface area (Å²) in [5, 5.41) is 2.28. The Bertz CT molecular complexity index is 1270. The highest BCUT2D eigenvalue weighted by atomic mass is 79.9. The van der Waals surface area contributed by atoms with Gasteiger partial charge in [0.2, 0.25) is 0 Å². The summed E-state index contributed by atoms with van der Waals surface area (Å²) in [6, 6.07) is 27.2. The van der Waals surface area contributed by atoms with Gasteiger partial charge in [-0.15, -0.1) is 0 Å². The molecule has 0 aliphatic rings. The molecule has 0 radical (unpaired) electrons. The molecular formula is C44H62Br2N2+2. The Labute approximate surface area is 310 Å². The number of benzene rings is 2. The monoisotopic (exact) mass is 776 g/mol. The van der Waals surface area contributed by atoms with E-state index in [0.29, 0.717) is 0 Å². The van der Waals surface area contributed by atoms with Crippen molar-refractivity contribution in [2.24, 2.45) is 0 Å². The van der Waals surface area contributed by atoms with Crippen LogP contribution in [0.5, 0.6) is 0 Å². The maximum absolute atomic E-state index is 3.49. The van der Waals surface area contributed by atoms with Crippen LogP contribution < -0.4 is 9.13 Å². The number of aryl methyl sites for hydroxylation is 8. The summed E-state index contributed by atoms with van der Waals surface area (Å²) >= 11 is 6.97. The van der Waals surface area contributed by atoms with Crippen LogP contribution in [0.1, 0.15) is 110 Å². The summed E-state index contributed by atoms with van der Waals surface area (Å²) in [5.41, 5.74) is 8.70. The number of halogens is 2. The van der Waals surface area contributed by atoms with Crippen LogP contribution in [0.4, 0.5) is 0 Å². The van der Waals surface area contributed by atoms with Gasteiger partial charge < -0.3 is 0 Å². The van der Waals surface area contributed by atoms with Gasteiger partial charge in [-0.3, -0.25) is 0 Å². The summed E-state index contributed by atoms with van der Waals surface area (Å²) in [4.78, 5) is 0. The molecular weight excluding hydrogens is 716 g/mol. The van der Waals surface area contributed by atoms with Gasteiger partial charge in [0.1, 0.15) is 13.1 Å². The molecule has 0 aliphatic carbocycles. The minimum atomic E-state index is 1.13. The van der Waals surface area contributed by atoms with E-state index in [1.807, 2.05) is 0 Å². The Morgan fingerprint density at radius 3 is 1.02 bits per heavy atom. The Balaban J connectivity index is 0.000000297. The number of unbranched alkanes of at least 4 members (excludes halogenated alkanes) is 8. The predicted octanol–water partition coefficient (Wildman–Crippen LogP) is 11.6. The zero-order valence-corrected chi connectivity index (χ0v) is 33.2. The largest absolute Gasteiger partial charge is 0.205 e. The molecule has 260 valence electrons. The number of hydrogen-bond donors (Lipinski definition) is 0. The van der Waals surface area contributed by atoms with Crippen LogP contribution in [0.15, 0.2) is 97.6 Å². The fraction of sp³-hybridized carbons (Fsp3) is 0.500. The molecule has 48 heavy (non-hydrogen) atoms. The van der Waals surface area contributed by atoms with E-state index in [9.17, 15) is 0 Å². The first-order chi connectivity index (χ1) is 23.6. The second-order valence-corrected chi connectivity index (χ2v) is 15.1. The lowest BCUT2D eigenvalue weighted by atomic mass is 10.0. The molecule has 4 rings (SSSR count). The lowest BCUT2D eigenvalue weighted by Crippen LogP contribution is -2.32. The summed E-state index contributed by atoms with van der Waals surface area (Å²) in [6.45, 7) is 6.54. The molecule has 2 heterocycles. The molecule has 2 aromatic heterocycles. The first kappa shape index (κ1) is 40.1. The number of hydrogen-bond acceptors (Lipinski definition) is 0. The number of alkyl halides is 2. The summed E-state index contributed by atoms with van der Waals surface area (Å²) in [5.74, 6) is 0. The summed E-state index contributed by atoms with van der Waals surface area (Å²) in [6.07, 6.45) is 29.2. The number of nitrogens with zero attached hydrogens (tertiary/aromatic N) is 2. The fourth-order valence-electron chi connectivity index (χ4n) is 6.04. The van der Waals surface area contributed by atoms with Gasteiger partial charge in [-0.25, -0.2) is 9.13 Å². The van der Waals surface area contributed by atoms with Crippen molar-refractivity contribution in [3.8, 4) is 0 Å². The highest BCUT2D eigenvalue weighted by Gasteiger charge is 2.03. The van der Waals surface area contributed by atoms with Crippen molar-refractivity contribution in [2.75, 3.05) is 10.7 Å². The van der Waals surface area contributed by atoms with Crippen molar-refractivity contribution in [3.05, 3.63) is 131 Å². The molecule has 0 N–H and O–H groups in total. The lowest BCUT2D eigenvalue weighted by molar-refractivity contribution is -0.697. The highest BCUT2D eigenvalue weighted by molar-refractivity contribution is 9.09. The summed E-state index contributed by atoms with van der Waals surface area (Å²) < 4.78 is 4.59. The standard InChI is InChI=1S/C28H38N2.C16H24Br2/c1-25-14-20-29(21-15-25)18-7-3-5-10-27-12-9-13-28(24-27)11-6-4-8-19-30-22-16-26(2)17-23-30;17-12-5-1-3-8-15-10-7-11-16(14-15)9-4-2-6-13-18/h9,12-17,20-24H,3-8,10-11,18-19H2,1-2H3;7,10-11,14H,1-6,8-9,12-13H2/q+2;. The molecule has 2 aromatic carbocycles. The molecule has 0 saturated carbocycles. The lowest BCUT2D eigenvalue weighted by Gasteiger charge is -2.06. The van der Waals surface area contributed by atoms with Crippen LogP contribution in [-0.2, 0) is 38.8 Å². The van der Waals surface area contributed by atoms with Crippen molar-refractivity contribution in [2.45, 2.75) is 130 Å². The van der Waals surface area contributed by atoms with Gasteiger partial charge in [0.15, 0.2) is 24.8 Å². The minimum absolute atomic E-state index is 1.13. The van der Waals surface area contributed by atoms with Crippen LogP contribution in [0.25, 0.3) is 0 Å². The van der Waals surface area contributed by atoms with E-state index < -0.39 is 0 Å². The smallest absolute Gasteiger partial charge is 0.169 e. The van der Waals surface area contributed by atoms with Crippen molar-refractivity contribution in [1.82, 2.24) is 0 Å². The third-order valence-corrected chi connectivity index (χ3v) is 10.2. The third kappa shape index (κ3) is 18.5. The van der Waals surface area contributed by atoms with E-state index in [-0.39, 0.29) is 0 Å². The van der Waals surface area contributed by atoms with E-state index in [4.69, 9.17) is 0 Å². The van der Waals surface area contributed by atoms with Crippen LogP contribution in [0.3, 0.4) is 0 Å². The zero-order chi connectivity index (χ0) is 34.1. The Kier molecular flexibility index (Phi) is 21.4. The number of rotatable bonds is 22. The second-order valence-electron chi connectivity index (χ2n) is 13.5. The van der Waals surface area contributed by atoms with E-state index in [1.165, 1.54) is 136 Å². The van der Waals surface area contributed by atoms with Crippen LogP contribution >= 0.6 is 31.9 Å². The molecule has 2 nitrogen and oxygen atoms in total. The maximum Gasteiger partial charge on any atom is 0.169 e. The van der Waals surface area contributed by atoms with Crippen molar-refractivity contribution >= 4 is 31.9 Å². The van der Waals surface area contributed by atoms with E-state index in [2.05, 4.69) is 152 Å². The number of aromatic nitrogens is 2. The van der Waals surface area contributed by atoms with Gasteiger partial charge in [-0.05, 0) is 124 Å². The molecule has 0 aliphatic heterocycles. The van der Waals surface area contributed by atoms with Crippen molar-refractivity contribution in [3.63, 3.8) is 0 Å². The Morgan fingerprint density at radius 2 is 0.708 bits per heavy atom. The first-order valence-electron chi connectivity index (χ1n) is 18.7.